The predicted octanol–water partition coefficient (Wildman–Crippen LogP) is 4.27. The Bertz CT molecular complexity index is 1080. The number of benzene rings is 3. The molecule has 3 aromatic carbocycles. The average molecular weight is 408 g/mol. The molecule has 0 bridgehead atoms. The minimum Gasteiger partial charge on any atom is -0.508 e. The van der Waals surface area contributed by atoms with Crippen LogP contribution in [0, 0.1) is 6.92 Å². The number of rotatable bonds is 3. The molecular weight excluding hydrogens is 390 g/mol. The summed E-state index contributed by atoms with van der Waals surface area (Å²) in [6.07, 6.45) is -0.661. The highest BCUT2D eigenvalue weighted by molar-refractivity contribution is 6.31. The van der Waals surface area contributed by atoms with Gasteiger partial charge in [0.15, 0.2) is 0 Å². The van der Waals surface area contributed by atoms with Gasteiger partial charge >= 0.3 is 0 Å². The zero-order valence-electron chi connectivity index (χ0n) is 15.5. The van der Waals surface area contributed by atoms with Crippen LogP contribution in [0.5, 0.6) is 5.75 Å². The number of nitrogens with one attached hydrogen (secondary N) is 2. The molecule has 29 heavy (non-hydrogen) atoms. The lowest BCUT2D eigenvalue weighted by atomic mass is 10.0. The molecule has 4 rings (SSSR count). The van der Waals surface area contributed by atoms with Crippen molar-refractivity contribution in [3.63, 3.8) is 0 Å². The second kappa shape index (κ2) is 7.48. The van der Waals surface area contributed by atoms with Crippen molar-refractivity contribution >= 4 is 29.1 Å². The van der Waals surface area contributed by atoms with Gasteiger partial charge in [0.2, 0.25) is 0 Å². The average Bonchev–Trinajstić information content (AvgIpc) is 2.71. The van der Waals surface area contributed by atoms with Gasteiger partial charge < -0.3 is 10.4 Å². The maximum Gasteiger partial charge on any atom is 0.276 e. The monoisotopic (exact) mass is 407 g/mol. The third-order valence-corrected chi connectivity index (χ3v) is 4.96. The summed E-state index contributed by atoms with van der Waals surface area (Å²) in [5.41, 5.74) is 5.83. The Labute approximate surface area is 172 Å². The Morgan fingerprint density at radius 2 is 1.76 bits per heavy atom. The summed E-state index contributed by atoms with van der Waals surface area (Å²) in [7, 11) is 0. The number of hydrogen-bond donors (Lipinski definition) is 3. The molecule has 7 heteroatoms. The molecule has 6 nitrogen and oxygen atoms in total. The first-order valence-electron chi connectivity index (χ1n) is 8.98. The van der Waals surface area contributed by atoms with E-state index in [-0.39, 0.29) is 11.7 Å². The Morgan fingerprint density at radius 1 is 1.07 bits per heavy atom. The van der Waals surface area contributed by atoms with Gasteiger partial charge in [-0.2, -0.15) is 0 Å². The maximum atomic E-state index is 13.2. The fraction of sp³-hybridized carbons (Fsp3) is 0.0909. The first kappa shape index (κ1) is 18.8. The molecular formula is C22H18ClN3O3. The fourth-order valence-corrected chi connectivity index (χ4v) is 3.33. The molecule has 1 atom stereocenters. The first-order valence-corrected chi connectivity index (χ1v) is 9.36. The molecule has 0 aliphatic carbocycles. The van der Waals surface area contributed by atoms with Crippen molar-refractivity contribution < 1.29 is 14.7 Å². The van der Waals surface area contributed by atoms with Crippen LogP contribution in [0.15, 0.2) is 66.7 Å². The third-order valence-electron chi connectivity index (χ3n) is 4.73. The van der Waals surface area contributed by atoms with Crippen LogP contribution >= 0.6 is 11.6 Å². The van der Waals surface area contributed by atoms with Crippen molar-refractivity contribution in [1.29, 1.82) is 0 Å². The summed E-state index contributed by atoms with van der Waals surface area (Å²) in [6.45, 7) is 1.93. The molecule has 2 amide bonds. The van der Waals surface area contributed by atoms with Crippen molar-refractivity contribution in [2.75, 3.05) is 5.32 Å². The minimum atomic E-state index is -0.661. The Morgan fingerprint density at radius 3 is 2.45 bits per heavy atom. The van der Waals surface area contributed by atoms with Gasteiger partial charge in [0.05, 0.1) is 5.56 Å². The number of phenols is 1. The van der Waals surface area contributed by atoms with E-state index in [1.165, 1.54) is 17.1 Å². The van der Waals surface area contributed by atoms with E-state index in [4.69, 9.17) is 11.6 Å². The summed E-state index contributed by atoms with van der Waals surface area (Å²) >= 11 is 6.06. The van der Waals surface area contributed by atoms with Gasteiger partial charge in [-0.15, -0.1) is 0 Å². The summed E-state index contributed by atoms with van der Waals surface area (Å²) in [5.74, 6) is -0.687. The third kappa shape index (κ3) is 3.75. The largest absolute Gasteiger partial charge is 0.508 e. The summed E-state index contributed by atoms with van der Waals surface area (Å²) in [6, 6.07) is 18.5. The highest BCUT2D eigenvalue weighted by Gasteiger charge is 2.34. The van der Waals surface area contributed by atoms with Crippen LogP contribution in [-0.2, 0) is 0 Å². The number of aryl methyl sites for hydroxylation is 1. The quantitative estimate of drug-likeness (QED) is 0.605. The van der Waals surface area contributed by atoms with Crippen molar-refractivity contribution in [1.82, 2.24) is 10.4 Å². The number of halogens is 1. The van der Waals surface area contributed by atoms with E-state index in [9.17, 15) is 14.7 Å². The van der Waals surface area contributed by atoms with Gasteiger partial charge in [0.25, 0.3) is 11.8 Å². The van der Waals surface area contributed by atoms with Crippen molar-refractivity contribution in [3.05, 3.63) is 94.0 Å². The molecule has 0 saturated heterocycles. The zero-order chi connectivity index (χ0) is 20.5. The van der Waals surface area contributed by atoms with Crippen LogP contribution in [0.4, 0.5) is 5.69 Å². The Balaban J connectivity index is 1.72. The number of nitrogens with zero attached hydrogens (tertiary/aromatic N) is 1. The highest BCUT2D eigenvalue weighted by atomic mass is 35.5. The lowest BCUT2D eigenvalue weighted by Crippen LogP contribution is -2.52. The number of hydrazine groups is 1. The Kier molecular flexibility index (Phi) is 4.86. The van der Waals surface area contributed by atoms with Crippen LogP contribution in [0.25, 0.3) is 0 Å². The fourth-order valence-electron chi connectivity index (χ4n) is 3.16. The van der Waals surface area contributed by atoms with E-state index in [0.717, 1.165) is 5.56 Å². The number of phenolic OH excluding ortho intramolecular Hbond substituents is 1. The molecule has 1 aliphatic rings. The minimum absolute atomic E-state index is 0.110. The molecule has 3 N–H and O–H groups in total. The number of fused-ring (bicyclic) bond motifs is 1. The number of amides is 2. The molecule has 146 valence electrons. The van der Waals surface area contributed by atoms with E-state index in [2.05, 4.69) is 10.7 Å². The van der Waals surface area contributed by atoms with Gasteiger partial charge in [-0.3, -0.25) is 15.0 Å². The van der Waals surface area contributed by atoms with Crippen molar-refractivity contribution in [3.8, 4) is 5.75 Å². The Hall–Kier alpha value is -3.51. The zero-order valence-corrected chi connectivity index (χ0v) is 16.3. The maximum absolute atomic E-state index is 13.2. The van der Waals surface area contributed by atoms with Crippen LogP contribution in [0.1, 0.15) is 38.0 Å². The van der Waals surface area contributed by atoms with Gasteiger partial charge in [0, 0.05) is 16.3 Å². The number of hydrogen-bond acceptors (Lipinski definition) is 4. The SMILES string of the molecule is Cc1ccc(C(=O)NN2C(=O)c3cc(Cl)ccc3NC2c2ccc(O)cc2)cc1. The van der Waals surface area contributed by atoms with E-state index >= 15 is 0 Å². The number of carbonyl (C=O) groups is 2. The smallest absolute Gasteiger partial charge is 0.276 e. The topological polar surface area (TPSA) is 81.7 Å². The molecule has 1 unspecified atom stereocenters. The van der Waals surface area contributed by atoms with Crippen LogP contribution in [0.2, 0.25) is 5.02 Å². The lowest BCUT2D eigenvalue weighted by molar-refractivity contribution is 0.0491. The highest BCUT2D eigenvalue weighted by Crippen LogP contribution is 2.34. The predicted molar refractivity (Wildman–Crippen MR) is 111 cm³/mol. The molecule has 1 heterocycles. The number of anilines is 1. The molecule has 0 aromatic heterocycles. The molecule has 0 spiro atoms. The molecule has 0 radical (unpaired) electrons. The first-order chi connectivity index (χ1) is 13.9. The van der Waals surface area contributed by atoms with E-state index in [1.54, 1.807) is 42.5 Å². The molecule has 0 saturated carbocycles. The molecule has 3 aromatic rings. The standard InChI is InChI=1S/C22H18ClN3O3/c1-13-2-4-15(5-3-13)21(28)25-26-20(14-6-9-17(27)10-7-14)24-19-11-8-16(23)12-18(19)22(26)29/h2-12,20,24,27H,1H3,(H,25,28). The summed E-state index contributed by atoms with van der Waals surface area (Å²) in [5, 5.41) is 14.5. The normalized spacial score (nSPS) is 15.4. The van der Waals surface area contributed by atoms with E-state index in [1.807, 2.05) is 19.1 Å². The second-order valence-corrected chi connectivity index (χ2v) is 7.25. The number of aromatic hydroxyl groups is 1. The van der Waals surface area contributed by atoms with Gasteiger partial charge in [-0.05, 0) is 55.0 Å². The van der Waals surface area contributed by atoms with Gasteiger partial charge in [-0.1, -0.05) is 41.4 Å². The lowest BCUT2D eigenvalue weighted by Gasteiger charge is -2.37. The summed E-state index contributed by atoms with van der Waals surface area (Å²) < 4.78 is 0. The van der Waals surface area contributed by atoms with Crippen molar-refractivity contribution in [2.45, 2.75) is 13.1 Å². The number of carbonyl (C=O) groups excluding carboxylic acids is 2. The van der Waals surface area contributed by atoms with E-state index in [0.29, 0.717) is 27.4 Å². The van der Waals surface area contributed by atoms with Crippen molar-refractivity contribution in [2.24, 2.45) is 0 Å². The molecule has 1 aliphatic heterocycles. The second-order valence-electron chi connectivity index (χ2n) is 6.81. The van der Waals surface area contributed by atoms with Crippen LogP contribution in [0.3, 0.4) is 0 Å². The van der Waals surface area contributed by atoms with Gasteiger partial charge in [0.1, 0.15) is 11.9 Å². The molecule has 0 fully saturated rings. The van der Waals surface area contributed by atoms with Crippen LogP contribution < -0.4 is 10.7 Å². The van der Waals surface area contributed by atoms with E-state index < -0.39 is 12.1 Å². The van der Waals surface area contributed by atoms with Crippen LogP contribution in [-0.4, -0.2) is 21.9 Å². The summed E-state index contributed by atoms with van der Waals surface area (Å²) in [4.78, 5) is 26.0. The van der Waals surface area contributed by atoms with Gasteiger partial charge in [-0.25, -0.2) is 5.01 Å².